The second-order valence-electron chi connectivity index (χ2n) is 4.08. The van der Waals surface area contributed by atoms with Crippen LogP contribution in [0.4, 0.5) is 4.39 Å². The van der Waals surface area contributed by atoms with Gasteiger partial charge in [0.05, 0.1) is 5.60 Å². The lowest BCUT2D eigenvalue weighted by atomic mass is 10.0. The summed E-state index contributed by atoms with van der Waals surface area (Å²) < 4.78 is 13.2. The highest BCUT2D eigenvalue weighted by Crippen LogP contribution is 2.23. The molecule has 90 valence electrons. The van der Waals surface area contributed by atoms with Crippen molar-refractivity contribution in [3.05, 3.63) is 30.1 Å². The lowest BCUT2D eigenvalue weighted by molar-refractivity contribution is 0.0596. The molecule has 0 aliphatic heterocycles. The van der Waals surface area contributed by atoms with Crippen LogP contribution in [-0.2, 0) is 0 Å². The van der Waals surface area contributed by atoms with E-state index in [1.165, 1.54) is 17.8 Å². The zero-order chi connectivity index (χ0) is 12.0. The summed E-state index contributed by atoms with van der Waals surface area (Å²) in [6, 6.07) is 6.72. The summed E-state index contributed by atoms with van der Waals surface area (Å²) in [6.45, 7) is 1.98. The molecular weight excluding hydrogens is 225 g/mol. The Morgan fingerprint density at radius 1 is 1.44 bits per heavy atom. The van der Waals surface area contributed by atoms with Crippen molar-refractivity contribution in [3.8, 4) is 0 Å². The first-order valence-corrected chi connectivity index (χ1v) is 6.33. The van der Waals surface area contributed by atoms with Gasteiger partial charge < -0.3 is 10.8 Å². The molecule has 4 heteroatoms. The van der Waals surface area contributed by atoms with Crippen LogP contribution >= 0.6 is 11.8 Å². The van der Waals surface area contributed by atoms with Gasteiger partial charge in [-0.3, -0.25) is 0 Å². The fourth-order valence-corrected chi connectivity index (χ4v) is 2.19. The van der Waals surface area contributed by atoms with Gasteiger partial charge in [-0.15, -0.1) is 11.8 Å². The number of halogens is 1. The van der Waals surface area contributed by atoms with Crippen molar-refractivity contribution in [2.24, 2.45) is 5.73 Å². The Balaban J connectivity index is 2.29. The van der Waals surface area contributed by atoms with E-state index in [1.807, 2.05) is 6.07 Å². The van der Waals surface area contributed by atoms with Gasteiger partial charge in [0, 0.05) is 11.4 Å². The minimum Gasteiger partial charge on any atom is -0.389 e. The normalized spacial score (nSPS) is 14.8. The third kappa shape index (κ3) is 4.51. The Labute approximate surface area is 100 Å². The van der Waals surface area contributed by atoms with Crippen molar-refractivity contribution in [1.29, 1.82) is 0 Å². The lowest BCUT2D eigenvalue weighted by Crippen LogP contribution is -2.34. The van der Waals surface area contributed by atoms with Crippen molar-refractivity contribution in [3.63, 3.8) is 0 Å². The summed E-state index contributed by atoms with van der Waals surface area (Å²) >= 11 is 1.47. The highest BCUT2D eigenvalue weighted by molar-refractivity contribution is 7.99. The van der Waals surface area contributed by atoms with Crippen LogP contribution in [0.3, 0.4) is 0 Å². The molecule has 0 heterocycles. The topological polar surface area (TPSA) is 46.2 Å². The molecule has 0 saturated heterocycles. The fraction of sp³-hybridized carbons (Fsp3) is 0.500. The van der Waals surface area contributed by atoms with Crippen molar-refractivity contribution in [2.75, 3.05) is 12.3 Å². The van der Waals surface area contributed by atoms with Gasteiger partial charge in [-0.1, -0.05) is 12.1 Å². The lowest BCUT2D eigenvalue weighted by Gasteiger charge is -2.20. The van der Waals surface area contributed by atoms with E-state index in [9.17, 15) is 9.50 Å². The number of aliphatic hydroxyl groups is 1. The average Bonchev–Trinajstić information content (AvgIpc) is 2.27. The molecule has 1 unspecified atom stereocenters. The van der Waals surface area contributed by atoms with Gasteiger partial charge in [-0.25, -0.2) is 4.39 Å². The van der Waals surface area contributed by atoms with Crippen molar-refractivity contribution >= 4 is 11.8 Å². The van der Waals surface area contributed by atoms with Crippen LogP contribution in [0.2, 0.25) is 0 Å². The number of hydrogen-bond acceptors (Lipinski definition) is 3. The Bertz CT molecular complexity index is 331. The van der Waals surface area contributed by atoms with E-state index in [-0.39, 0.29) is 12.4 Å². The molecule has 0 bridgehead atoms. The number of hydrogen-bond donors (Lipinski definition) is 2. The van der Waals surface area contributed by atoms with Crippen molar-refractivity contribution < 1.29 is 9.50 Å². The Morgan fingerprint density at radius 2 is 2.12 bits per heavy atom. The van der Waals surface area contributed by atoms with E-state index in [1.54, 1.807) is 19.1 Å². The van der Waals surface area contributed by atoms with Gasteiger partial charge in [0.2, 0.25) is 0 Å². The fourth-order valence-electron chi connectivity index (χ4n) is 1.30. The van der Waals surface area contributed by atoms with Crippen LogP contribution in [0.15, 0.2) is 29.2 Å². The third-order valence-corrected chi connectivity index (χ3v) is 3.53. The largest absolute Gasteiger partial charge is 0.389 e. The standard InChI is InChI=1S/C12H18FNOS/c1-12(15,9-14)7-4-8-16-11-6-3-2-5-10(11)13/h2-3,5-6,15H,4,7-9,14H2,1H3. The molecule has 2 nitrogen and oxygen atoms in total. The first-order valence-electron chi connectivity index (χ1n) is 5.35. The van der Waals surface area contributed by atoms with Gasteiger partial charge in [0.25, 0.3) is 0 Å². The molecule has 16 heavy (non-hydrogen) atoms. The molecule has 0 spiro atoms. The van der Waals surface area contributed by atoms with Crippen molar-refractivity contribution in [2.45, 2.75) is 30.3 Å². The minimum absolute atomic E-state index is 0.182. The molecule has 0 saturated carbocycles. The molecule has 0 radical (unpaired) electrons. The monoisotopic (exact) mass is 243 g/mol. The SMILES string of the molecule is CC(O)(CN)CCCSc1ccccc1F. The summed E-state index contributed by atoms with van der Waals surface area (Å²) in [6.07, 6.45) is 1.47. The first kappa shape index (κ1) is 13.5. The summed E-state index contributed by atoms with van der Waals surface area (Å²) in [7, 11) is 0. The van der Waals surface area contributed by atoms with Crippen LogP contribution in [0, 0.1) is 5.82 Å². The predicted molar refractivity (Wildman–Crippen MR) is 66.0 cm³/mol. The zero-order valence-electron chi connectivity index (χ0n) is 9.45. The maximum atomic E-state index is 13.2. The Hall–Kier alpha value is -0.580. The highest BCUT2D eigenvalue weighted by Gasteiger charge is 2.16. The number of benzene rings is 1. The zero-order valence-corrected chi connectivity index (χ0v) is 10.3. The molecule has 0 aromatic heterocycles. The molecule has 0 amide bonds. The summed E-state index contributed by atoms with van der Waals surface area (Å²) in [4.78, 5) is 0.662. The second kappa shape index (κ2) is 6.23. The van der Waals surface area contributed by atoms with Crippen LogP contribution in [0.5, 0.6) is 0 Å². The molecule has 0 fully saturated rings. The molecule has 1 aromatic carbocycles. The predicted octanol–water partition coefficient (Wildman–Crippen LogP) is 2.41. The van der Waals surface area contributed by atoms with E-state index in [0.29, 0.717) is 11.3 Å². The summed E-state index contributed by atoms with van der Waals surface area (Å²) in [5, 5.41) is 9.67. The van der Waals surface area contributed by atoms with Crippen molar-refractivity contribution in [1.82, 2.24) is 0 Å². The van der Waals surface area contributed by atoms with E-state index >= 15 is 0 Å². The van der Waals surface area contributed by atoms with Crippen LogP contribution in [0.25, 0.3) is 0 Å². The van der Waals surface area contributed by atoms with Crippen LogP contribution in [-0.4, -0.2) is 23.0 Å². The average molecular weight is 243 g/mol. The van der Waals surface area contributed by atoms with Gasteiger partial charge in [0.15, 0.2) is 0 Å². The van der Waals surface area contributed by atoms with E-state index < -0.39 is 5.60 Å². The number of rotatable bonds is 6. The maximum Gasteiger partial charge on any atom is 0.136 e. The quantitative estimate of drug-likeness (QED) is 0.596. The minimum atomic E-state index is -0.796. The Kier molecular flexibility index (Phi) is 5.25. The highest BCUT2D eigenvalue weighted by atomic mass is 32.2. The first-order chi connectivity index (χ1) is 7.55. The molecule has 1 aromatic rings. The van der Waals surface area contributed by atoms with Crippen LogP contribution < -0.4 is 5.73 Å². The molecule has 0 aliphatic carbocycles. The van der Waals surface area contributed by atoms with Gasteiger partial charge in [-0.2, -0.15) is 0 Å². The second-order valence-corrected chi connectivity index (χ2v) is 5.22. The molecule has 0 aliphatic rings. The molecule has 1 rings (SSSR count). The van der Waals surface area contributed by atoms with E-state index in [0.717, 1.165) is 12.2 Å². The summed E-state index contributed by atoms with van der Waals surface area (Å²) in [5.74, 6) is 0.606. The Morgan fingerprint density at radius 3 is 2.75 bits per heavy atom. The smallest absolute Gasteiger partial charge is 0.136 e. The van der Waals surface area contributed by atoms with Gasteiger partial charge in [0.1, 0.15) is 5.82 Å². The number of nitrogens with two attached hydrogens (primary N) is 1. The number of thioether (sulfide) groups is 1. The third-order valence-electron chi connectivity index (χ3n) is 2.39. The van der Waals surface area contributed by atoms with Gasteiger partial charge >= 0.3 is 0 Å². The van der Waals surface area contributed by atoms with E-state index in [4.69, 9.17) is 5.73 Å². The molecular formula is C12H18FNOS. The molecule has 1 atom stereocenters. The summed E-state index contributed by atoms with van der Waals surface area (Å²) in [5.41, 5.74) is 4.61. The molecule has 3 N–H and O–H groups in total. The van der Waals surface area contributed by atoms with Crippen LogP contribution in [0.1, 0.15) is 19.8 Å². The van der Waals surface area contributed by atoms with E-state index in [2.05, 4.69) is 0 Å². The maximum absolute atomic E-state index is 13.2. The van der Waals surface area contributed by atoms with Gasteiger partial charge in [-0.05, 0) is 37.7 Å².